The molecular weight excluding hydrogens is 362 g/mol. The first kappa shape index (κ1) is 17.8. The Kier molecular flexibility index (Phi) is 5.08. The molecular formula is C17H18ClN3O3S. The summed E-state index contributed by atoms with van der Waals surface area (Å²) >= 11 is 5.83. The van der Waals surface area contributed by atoms with E-state index in [4.69, 9.17) is 11.6 Å². The Bertz CT molecular complexity index is 884. The molecule has 0 saturated carbocycles. The first-order valence-corrected chi connectivity index (χ1v) is 9.71. The number of pyridine rings is 1. The number of carbonyl (C=O) groups excluding carboxylic acids is 1. The third-order valence-electron chi connectivity index (χ3n) is 4.18. The van der Waals surface area contributed by atoms with Crippen molar-refractivity contribution >= 4 is 33.3 Å². The Morgan fingerprint density at radius 1 is 1.28 bits per heavy atom. The van der Waals surface area contributed by atoms with Gasteiger partial charge in [-0.1, -0.05) is 17.7 Å². The van der Waals surface area contributed by atoms with Crippen molar-refractivity contribution in [3.05, 3.63) is 53.2 Å². The summed E-state index contributed by atoms with van der Waals surface area (Å²) in [6, 6.07) is 8.81. The fourth-order valence-corrected chi connectivity index (χ4v) is 4.63. The molecule has 2 aromatic rings. The summed E-state index contributed by atoms with van der Waals surface area (Å²) in [6.07, 6.45) is 2.69. The normalized spacial score (nSPS) is 18.2. The van der Waals surface area contributed by atoms with Crippen LogP contribution in [0.4, 0.5) is 5.82 Å². The van der Waals surface area contributed by atoms with Crippen molar-refractivity contribution in [3.63, 3.8) is 0 Å². The molecule has 0 bridgehead atoms. The average Bonchev–Trinajstić information content (AvgIpc) is 3.08. The van der Waals surface area contributed by atoms with E-state index in [0.29, 0.717) is 30.2 Å². The predicted molar refractivity (Wildman–Crippen MR) is 96.0 cm³/mol. The van der Waals surface area contributed by atoms with Crippen LogP contribution in [0.1, 0.15) is 18.4 Å². The lowest BCUT2D eigenvalue weighted by atomic mass is 10.2. The molecule has 1 aromatic carbocycles. The molecule has 8 heteroatoms. The van der Waals surface area contributed by atoms with Crippen LogP contribution in [0.5, 0.6) is 0 Å². The maximum Gasteiger partial charge on any atom is 0.243 e. The summed E-state index contributed by atoms with van der Waals surface area (Å²) in [6.45, 7) is 2.14. The first-order valence-electron chi connectivity index (χ1n) is 7.89. The minimum absolute atomic E-state index is 0.130. The maximum absolute atomic E-state index is 12.9. The SMILES string of the molecule is Cc1cccnc1NC(=O)[C@H]1CCCN1S(=O)(=O)c1ccc(Cl)cc1. The number of aromatic nitrogens is 1. The van der Waals surface area contributed by atoms with Gasteiger partial charge in [-0.2, -0.15) is 4.31 Å². The van der Waals surface area contributed by atoms with E-state index in [2.05, 4.69) is 10.3 Å². The number of anilines is 1. The van der Waals surface area contributed by atoms with Crippen LogP contribution >= 0.6 is 11.6 Å². The number of sulfonamides is 1. The molecule has 132 valence electrons. The summed E-state index contributed by atoms with van der Waals surface area (Å²) < 4.78 is 27.0. The van der Waals surface area contributed by atoms with Crippen molar-refractivity contribution < 1.29 is 13.2 Å². The number of hydrogen-bond donors (Lipinski definition) is 1. The Morgan fingerprint density at radius 2 is 2.00 bits per heavy atom. The highest BCUT2D eigenvalue weighted by Gasteiger charge is 2.39. The summed E-state index contributed by atoms with van der Waals surface area (Å²) in [5, 5.41) is 3.20. The number of carbonyl (C=O) groups is 1. The van der Waals surface area contributed by atoms with Crippen molar-refractivity contribution in [2.75, 3.05) is 11.9 Å². The average molecular weight is 380 g/mol. The summed E-state index contributed by atoms with van der Waals surface area (Å²) in [5.74, 6) is 0.0834. The first-order chi connectivity index (χ1) is 11.9. The lowest BCUT2D eigenvalue weighted by molar-refractivity contribution is -0.119. The van der Waals surface area contributed by atoms with Gasteiger partial charge < -0.3 is 5.32 Å². The molecule has 1 aliphatic rings. The van der Waals surface area contributed by atoms with E-state index in [1.165, 1.54) is 28.6 Å². The van der Waals surface area contributed by atoms with Crippen LogP contribution < -0.4 is 5.32 Å². The second-order valence-electron chi connectivity index (χ2n) is 5.89. The largest absolute Gasteiger partial charge is 0.309 e. The molecule has 6 nitrogen and oxygen atoms in total. The van der Waals surface area contributed by atoms with Crippen molar-refractivity contribution in [2.24, 2.45) is 0 Å². The van der Waals surface area contributed by atoms with Gasteiger partial charge in [-0.25, -0.2) is 13.4 Å². The Hall–Kier alpha value is -1.96. The zero-order valence-corrected chi connectivity index (χ0v) is 15.2. The third-order valence-corrected chi connectivity index (χ3v) is 6.35. The highest BCUT2D eigenvalue weighted by atomic mass is 35.5. The lowest BCUT2D eigenvalue weighted by Gasteiger charge is -2.23. The number of rotatable bonds is 4. The van der Waals surface area contributed by atoms with Crippen molar-refractivity contribution in [1.29, 1.82) is 0 Å². The van der Waals surface area contributed by atoms with E-state index in [1.54, 1.807) is 12.3 Å². The van der Waals surface area contributed by atoms with Gasteiger partial charge in [0.2, 0.25) is 15.9 Å². The minimum Gasteiger partial charge on any atom is -0.309 e. The van der Waals surface area contributed by atoms with Crippen molar-refractivity contribution in [1.82, 2.24) is 9.29 Å². The number of nitrogens with one attached hydrogen (secondary N) is 1. The zero-order valence-electron chi connectivity index (χ0n) is 13.6. The molecule has 0 unspecified atom stereocenters. The second kappa shape index (κ2) is 7.11. The van der Waals surface area contributed by atoms with E-state index in [1.807, 2.05) is 13.0 Å². The van der Waals surface area contributed by atoms with Gasteiger partial charge in [0.15, 0.2) is 0 Å². The highest BCUT2D eigenvalue weighted by molar-refractivity contribution is 7.89. The minimum atomic E-state index is -3.76. The van der Waals surface area contributed by atoms with Crippen LogP contribution in [0.3, 0.4) is 0 Å². The molecule has 1 aliphatic heterocycles. The van der Waals surface area contributed by atoms with Crippen LogP contribution in [-0.2, 0) is 14.8 Å². The van der Waals surface area contributed by atoms with Crippen LogP contribution in [0.25, 0.3) is 0 Å². The smallest absolute Gasteiger partial charge is 0.243 e. The molecule has 0 spiro atoms. The van der Waals surface area contributed by atoms with Crippen LogP contribution in [0.2, 0.25) is 5.02 Å². The summed E-state index contributed by atoms with van der Waals surface area (Å²) in [5.41, 5.74) is 0.820. The molecule has 1 N–H and O–H groups in total. The molecule has 1 atom stereocenters. The van der Waals surface area contributed by atoms with E-state index in [-0.39, 0.29) is 10.8 Å². The van der Waals surface area contributed by atoms with Gasteiger partial charge in [-0.05, 0) is 55.7 Å². The molecule has 0 aliphatic carbocycles. The quantitative estimate of drug-likeness (QED) is 0.885. The molecule has 2 heterocycles. The van der Waals surface area contributed by atoms with Crippen LogP contribution in [0, 0.1) is 6.92 Å². The van der Waals surface area contributed by atoms with E-state index < -0.39 is 16.1 Å². The summed E-state index contributed by atoms with van der Waals surface area (Å²) in [4.78, 5) is 16.9. The number of benzene rings is 1. The van der Waals surface area contributed by atoms with Gasteiger partial charge in [0, 0.05) is 17.8 Å². The van der Waals surface area contributed by atoms with Gasteiger partial charge in [-0.3, -0.25) is 4.79 Å². The van der Waals surface area contributed by atoms with Gasteiger partial charge in [-0.15, -0.1) is 0 Å². The second-order valence-corrected chi connectivity index (χ2v) is 8.21. The third kappa shape index (κ3) is 3.68. The summed E-state index contributed by atoms with van der Waals surface area (Å²) in [7, 11) is -3.76. The number of amides is 1. The molecule has 1 saturated heterocycles. The number of halogens is 1. The monoisotopic (exact) mass is 379 g/mol. The lowest BCUT2D eigenvalue weighted by Crippen LogP contribution is -2.43. The predicted octanol–water partition coefficient (Wildman–Crippen LogP) is 2.84. The van der Waals surface area contributed by atoms with Crippen LogP contribution in [-0.4, -0.2) is 36.2 Å². The number of hydrogen-bond acceptors (Lipinski definition) is 4. The van der Waals surface area contributed by atoms with E-state index in [0.717, 1.165) is 5.56 Å². The van der Waals surface area contributed by atoms with Gasteiger partial charge >= 0.3 is 0 Å². The van der Waals surface area contributed by atoms with Gasteiger partial charge in [0.1, 0.15) is 11.9 Å². The topological polar surface area (TPSA) is 79.4 Å². The molecule has 1 aromatic heterocycles. The Balaban J connectivity index is 1.83. The fraction of sp³-hybridized carbons (Fsp3) is 0.294. The fourth-order valence-electron chi connectivity index (χ4n) is 2.85. The molecule has 1 amide bonds. The zero-order chi connectivity index (χ0) is 18.0. The highest BCUT2D eigenvalue weighted by Crippen LogP contribution is 2.27. The molecule has 0 radical (unpaired) electrons. The Morgan fingerprint density at radius 3 is 2.68 bits per heavy atom. The Labute approximate surface area is 151 Å². The molecule has 1 fully saturated rings. The number of aryl methyl sites for hydroxylation is 1. The van der Waals surface area contributed by atoms with E-state index in [9.17, 15) is 13.2 Å². The van der Waals surface area contributed by atoms with Crippen molar-refractivity contribution in [3.8, 4) is 0 Å². The van der Waals surface area contributed by atoms with Crippen molar-refractivity contribution in [2.45, 2.75) is 30.7 Å². The van der Waals surface area contributed by atoms with Crippen LogP contribution in [0.15, 0.2) is 47.5 Å². The standard InChI is InChI=1S/C17H18ClN3O3S/c1-12-4-2-10-19-16(12)20-17(22)15-5-3-11-21(15)25(23,24)14-8-6-13(18)7-9-14/h2,4,6-10,15H,3,5,11H2,1H3,(H,19,20,22)/t15-/m1/s1. The van der Waals surface area contributed by atoms with Gasteiger partial charge in [0.05, 0.1) is 4.90 Å². The number of nitrogens with zero attached hydrogens (tertiary/aromatic N) is 2. The maximum atomic E-state index is 12.9. The van der Waals surface area contributed by atoms with E-state index >= 15 is 0 Å². The molecule has 3 rings (SSSR count). The molecule has 25 heavy (non-hydrogen) atoms. The van der Waals surface area contributed by atoms with Gasteiger partial charge in [0.25, 0.3) is 0 Å².